The van der Waals surface area contributed by atoms with Crippen molar-refractivity contribution in [2.75, 3.05) is 30.3 Å². The largest absolute Gasteiger partial charge is 0.444 e. The molecule has 0 saturated carbocycles. The summed E-state index contributed by atoms with van der Waals surface area (Å²) >= 11 is 0. The standard InChI is InChI=1S/C17H27N3O2/c1-17(2,3)22-16(21)19-11-13-6-5-9-20(12-13)15-8-4-7-14(18)10-15/h4,7-8,10,13H,5-6,9,11-12,18H2,1-3H3,(H,19,21)/t13-/m1/s1. The summed E-state index contributed by atoms with van der Waals surface area (Å²) in [7, 11) is 0. The molecular weight excluding hydrogens is 278 g/mol. The van der Waals surface area contributed by atoms with Gasteiger partial charge in [-0.25, -0.2) is 4.79 Å². The molecule has 0 aromatic heterocycles. The Kier molecular flexibility index (Phi) is 5.16. The minimum absolute atomic E-state index is 0.339. The first-order valence-corrected chi connectivity index (χ1v) is 7.91. The number of carbonyl (C=O) groups is 1. The summed E-state index contributed by atoms with van der Waals surface area (Å²) in [4.78, 5) is 14.1. The highest BCUT2D eigenvalue weighted by Crippen LogP contribution is 2.24. The van der Waals surface area contributed by atoms with E-state index in [4.69, 9.17) is 10.5 Å². The van der Waals surface area contributed by atoms with Crippen molar-refractivity contribution >= 4 is 17.5 Å². The molecule has 0 unspecified atom stereocenters. The van der Waals surface area contributed by atoms with Crippen LogP contribution in [-0.2, 0) is 4.74 Å². The lowest BCUT2D eigenvalue weighted by Gasteiger charge is -2.34. The zero-order chi connectivity index (χ0) is 16.2. The molecule has 0 bridgehead atoms. The second-order valence-corrected chi connectivity index (χ2v) is 6.93. The highest BCUT2D eigenvalue weighted by atomic mass is 16.6. The molecule has 1 aromatic carbocycles. The fourth-order valence-electron chi connectivity index (χ4n) is 2.73. The molecule has 122 valence electrons. The third kappa shape index (κ3) is 5.13. The van der Waals surface area contributed by atoms with Gasteiger partial charge in [-0.2, -0.15) is 0 Å². The van der Waals surface area contributed by atoms with Crippen molar-refractivity contribution in [2.45, 2.75) is 39.2 Å². The van der Waals surface area contributed by atoms with E-state index >= 15 is 0 Å². The fraction of sp³-hybridized carbons (Fsp3) is 0.588. The van der Waals surface area contributed by atoms with Crippen molar-refractivity contribution in [3.8, 4) is 0 Å². The van der Waals surface area contributed by atoms with Gasteiger partial charge < -0.3 is 20.7 Å². The van der Waals surface area contributed by atoms with E-state index in [0.29, 0.717) is 12.5 Å². The first-order chi connectivity index (χ1) is 10.3. The van der Waals surface area contributed by atoms with Gasteiger partial charge in [-0.1, -0.05) is 6.07 Å². The summed E-state index contributed by atoms with van der Waals surface area (Å²) < 4.78 is 5.28. The molecule has 1 atom stereocenters. The number of piperidine rings is 1. The van der Waals surface area contributed by atoms with Gasteiger partial charge in [0.25, 0.3) is 0 Å². The average molecular weight is 305 g/mol. The summed E-state index contributed by atoms with van der Waals surface area (Å²) in [5.41, 5.74) is 7.34. The number of hydrogen-bond acceptors (Lipinski definition) is 4. The van der Waals surface area contributed by atoms with Crippen molar-refractivity contribution in [3.05, 3.63) is 24.3 Å². The number of carbonyl (C=O) groups excluding carboxylic acids is 1. The Labute approximate surface area is 132 Å². The van der Waals surface area contributed by atoms with Gasteiger partial charge in [-0.15, -0.1) is 0 Å². The van der Waals surface area contributed by atoms with E-state index in [9.17, 15) is 4.79 Å². The molecule has 1 amide bonds. The van der Waals surface area contributed by atoms with Crippen molar-refractivity contribution in [3.63, 3.8) is 0 Å². The van der Waals surface area contributed by atoms with Gasteiger partial charge in [-0.3, -0.25) is 0 Å². The maximum Gasteiger partial charge on any atom is 0.407 e. The molecule has 5 nitrogen and oxygen atoms in total. The number of nitrogens with two attached hydrogens (primary N) is 1. The molecule has 2 rings (SSSR count). The summed E-state index contributed by atoms with van der Waals surface area (Å²) in [6, 6.07) is 7.96. The number of amides is 1. The Morgan fingerprint density at radius 2 is 2.23 bits per heavy atom. The Morgan fingerprint density at radius 1 is 1.45 bits per heavy atom. The lowest BCUT2D eigenvalue weighted by atomic mass is 9.97. The van der Waals surface area contributed by atoms with Crippen molar-refractivity contribution in [2.24, 2.45) is 5.92 Å². The molecule has 5 heteroatoms. The molecule has 1 fully saturated rings. The highest BCUT2D eigenvalue weighted by Gasteiger charge is 2.22. The van der Waals surface area contributed by atoms with Gasteiger partial charge in [0, 0.05) is 31.0 Å². The smallest absolute Gasteiger partial charge is 0.407 e. The molecule has 1 aromatic rings. The van der Waals surface area contributed by atoms with E-state index in [1.165, 1.54) is 0 Å². The van der Waals surface area contributed by atoms with Gasteiger partial charge in [0.2, 0.25) is 0 Å². The zero-order valence-corrected chi connectivity index (χ0v) is 13.8. The second-order valence-electron chi connectivity index (χ2n) is 6.93. The summed E-state index contributed by atoms with van der Waals surface area (Å²) in [6.45, 7) is 8.22. The number of alkyl carbamates (subject to hydrolysis) is 1. The average Bonchev–Trinajstić information content (AvgIpc) is 2.44. The molecule has 0 radical (unpaired) electrons. The molecule has 1 aliphatic rings. The van der Waals surface area contributed by atoms with Crippen LogP contribution in [0.2, 0.25) is 0 Å². The third-order valence-corrected chi connectivity index (χ3v) is 3.69. The van der Waals surface area contributed by atoms with Gasteiger partial charge in [0.15, 0.2) is 0 Å². The van der Waals surface area contributed by atoms with Gasteiger partial charge in [0.05, 0.1) is 0 Å². The van der Waals surface area contributed by atoms with Crippen LogP contribution in [0.5, 0.6) is 0 Å². The van der Waals surface area contributed by atoms with E-state index in [1.807, 2.05) is 39.0 Å². The van der Waals surface area contributed by atoms with E-state index in [1.54, 1.807) is 0 Å². The Morgan fingerprint density at radius 3 is 2.91 bits per heavy atom. The van der Waals surface area contributed by atoms with Crippen LogP contribution in [0.25, 0.3) is 0 Å². The van der Waals surface area contributed by atoms with Crippen molar-refractivity contribution in [1.82, 2.24) is 5.32 Å². The first kappa shape index (κ1) is 16.5. The summed E-state index contributed by atoms with van der Waals surface area (Å²) in [5.74, 6) is 0.433. The van der Waals surface area contributed by atoms with Gasteiger partial charge in [0.1, 0.15) is 5.60 Å². The van der Waals surface area contributed by atoms with Crippen LogP contribution in [-0.4, -0.2) is 31.3 Å². The predicted octanol–water partition coefficient (Wildman–Crippen LogP) is 3.01. The van der Waals surface area contributed by atoms with Crippen molar-refractivity contribution in [1.29, 1.82) is 0 Å². The minimum Gasteiger partial charge on any atom is -0.444 e. The predicted molar refractivity (Wildman–Crippen MR) is 90.0 cm³/mol. The van der Waals surface area contributed by atoms with Crippen LogP contribution in [0.3, 0.4) is 0 Å². The number of anilines is 2. The normalized spacial score (nSPS) is 18.9. The van der Waals surface area contributed by atoms with E-state index < -0.39 is 5.60 Å². The Bertz CT molecular complexity index is 511. The lowest BCUT2D eigenvalue weighted by molar-refractivity contribution is 0.0517. The summed E-state index contributed by atoms with van der Waals surface area (Å²) in [5, 5.41) is 2.88. The maximum atomic E-state index is 11.7. The van der Waals surface area contributed by atoms with Crippen LogP contribution in [0.15, 0.2) is 24.3 Å². The maximum absolute atomic E-state index is 11.7. The van der Waals surface area contributed by atoms with Gasteiger partial charge >= 0.3 is 6.09 Å². The Hall–Kier alpha value is -1.91. The first-order valence-electron chi connectivity index (χ1n) is 7.91. The van der Waals surface area contributed by atoms with Crippen molar-refractivity contribution < 1.29 is 9.53 Å². The molecular formula is C17H27N3O2. The molecule has 1 heterocycles. The molecule has 22 heavy (non-hydrogen) atoms. The number of nitrogens with zero attached hydrogens (tertiary/aromatic N) is 1. The SMILES string of the molecule is CC(C)(C)OC(=O)NC[C@H]1CCCN(c2cccc(N)c2)C1. The third-order valence-electron chi connectivity index (χ3n) is 3.69. The molecule has 1 aliphatic heterocycles. The minimum atomic E-state index is -0.454. The summed E-state index contributed by atoms with van der Waals surface area (Å²) in [6.07, 6.45) is 1.90. The number of ether oxygens (including phenoxy) is 1. The fourth-order valence-corrected chi connectivity index (χ4v) is 2.73. The van der Waals surface area contributed by atoms with E-state index in [-0.39, 0.29) is 6.09 Å². The lowest BCUT2D eigenvalue weighted by Crippen LogP contribution is -2.42. The molecule has 3 N–H and O–H groups in total. The highest BCUT2D eigenvalue weighted by molar-refractivity contribution is 5.67. The van der Waals surface area contributed by atoms with Crippen LogP contribution in [0, 0.1) is 5.92 Å². The van der Waals surface area contributed by atoms with E-state index in [2.05, 4.69) is 16.3 Å². The van der Waals surface area contributed by atoms with Gasteiger partial charge in [-0.05, 0) is 57.7 Å². The molecule has 0 aliphatic carbocycles. The second kappa shape index (κ2) is 6.90. The number of nitrogens with one attached hydrogen (secondary N) is 1. The number of benzene rings is 1. The van der Waals surface area contributed by atoms with Crippen LogP contribution < -0.4 is 16.0 Å². The van der Waals surface area contributed by atoms with Crippen LogP contribution >= 0.6 is 0 Å². The molecule has 1 saturated heterocycles. The zero-order valence-electron chi connectivity index (χ0n) is 13.8. The number of rotatable bonds is 3. The van der Waals surface area contributed by atoms with Crippen LogP contribution in [0.1, 0.15) is 33.6 Å². The Balaban J connectivity index is 1.85. The quantitative estimate of drug-likeness (QED) is 0.842. The number of nitrogen functional groups attached to an aromatic ring is 1. The molecule has 0 spiro atoms. The van der Waals surface area contributed by atoms with E-state index in [0.717, 1.165) is 37.3 Å². The number of hydrogen-bond donors (Lipinski definition) is 2. The topological polar surface area (TPSA) is 67.6 Å². The van der Waals surface area contributed by atoms with Crippen LogP contribution in [0.4, 0.5) is 16.2 Å². The monoisotopic (exact) mass is 305 g/mol.